The van der Waals surface area contributed by atoms with Crippen LogP contribution in [0.15, 0.2) is 93.5 Å². The highest BCUT2D eigenvalue weighted by Gasteiger charge is 2.35. The van der Waals surface area contributed by atoms with E-state index in [9.17, 15) is 13.6 Å². The first-order valence-electron chi connectivity index (χ1n) is 14.9. The van der Waals surface area contributed by atoms with E-state index in [4.69, 9.17) is 25.8 Å². The highest BCUT2D eigenvalue weighted by molar-refractivity contribution is 7.91. The molecule has 48 heavy (non-hydrogen) atoms. The molecule has 0 atom stereocenters. The van der Waals surface area contributed by atoms with Crippen molar-refractivity contribution >= 4 is 38.8 Å². The maximum absolute atomic E-state index is 13.0. The number of hydrogen-bond donors (Lipinski definition) is 1. The topological polar surface area (TPSA) is 159 Å². The van der Waals surface area contributed by atoms with Crippen molar-refractivity contribution in [3.63, 3.8) is 0 Å². The quantitative estimate of drug-likeness (QED) is 0.182. The molecule has 5 aromatic rings. The molecule has 2 aromatic heterocycles. The largest absolute Gasteiger partial charge is 0.494 e. The summed E-state index contributed by atoms with van der Waals surface area (Å²) in [6.45, 7) is 3.90. The number of rotatable bonds is 12. The fourth-order valence-corrected chi connectivity index (χ4v) is 6.41. The number of nitrogens with one attached hydrogen (secondary N) is 1. The third-order valence-electron chi connectivity index (χ3n) is 7.63. The summed E-state index contributed by atoms with van der Waals surface area (Å²) >= 11 is 6.36. The minimum absolute atomic E-state index is 0.0244. The number of piperazine rings is 1. The summed E-state index contributed by atoms with van der Waals surface area (Å²) in [7, 11) is -0.468. The van der Waals surface area contributed by atoms with Crippen LogP contribution in [0.3, 0.4) is 0 Å². The minimum atomic E-state index is -4.21. The van der Waals surface area contributed by atoms with E-state index < -0.39 is 20.7 Å². The summed E-state index contributed by atoms with van der Waals surface area (Å²) in [4.78, 5) is 13.1. The molecule has 1 fully saturated rings. The molecule has 0 unspecified atom stereocenters. The number of benzene rings is 3. The first-order valence-corrected chi connectivity index (χ1v) is 16.8. The first kappa shape index (κ1) is 32.8. The molecule has 3 aromatic carbocycles. The molecule has 0 amide bonds. The number of ether oxygens (including phenoxy) is 3. The van der Waals surface area contributed by atoms with Crippen molar-refractivity contribution in [2.45, 2.75) is 16.3 Å². The van der Waals surface area contributed by atoms with Gasteiger partial charge >= 0.3 is 10.9 Å². The zero-order valence-electron chi connectivity index (χ0n) is 26.1. The molecule has 250 valence electrons. The third-order valence-corrected chi connectivity index (χ3v) is 9.62. The van der Waals surface area contributed by atoms with Gasteiger partial charge < -0.3 is 34.5 Å². The summed E-state index contributed by atoms with van der Waals surface area (Å²) in [5.41, 5.74) is 2.61. The summed E-state index contributed by atoms with van der Waals surface area (Å²) in [5.74, 6) is 1.13. The summed E-state index contributed by atoms with van der Waals surface area (Å²) < 4.78 is 47.6. The Kier molecular flexibility index (Phi) is 9.80. The molecule has 0 bridgehead atoms. The van der Waals surface area contributed by atoms with Crippen LogP contribution in [0.4, 0.5) is 17.3 Å². The third kappa shape index (κ3) is 7.38. The van der Waals surface area contributed by atoms with Crippen LogP contribution in [0.2, 0.25) is 5.02 Å². The van der Waals surface area contributed by atoms with Gasteiger partial charge in [-0.1, -0.05) is 41.9 Å². The van der Waals surface area contributed by atoms with Gasteiger partial charge in [-0.05, 0) is 53.9 Å². The van der Waals surface area contributed by atoms with Crippen LogP contribution >= 0.6 is 11.6 Å². The van der Waals surface area contributed by atoms with Gasteiger partial charge in [0.15, 0.2) is 0 Å². The van der Waals surface area contributed by atoms with Crippen molar-refractivity contribution in [2.24, 2.45) is 0 Å². The number of anilines is 3. The van der Waals surface area contributed by atoms with Gasteiger partial charge in [0.1, 0.15) is 16.5 Å². The molecule has 1 aliphatic rings. The van der Waals surface area contributed by atoms with Gasteiger partial charge in [-0.15, -0.1) is 0 Å². The molecule has 3 heterocycles. The summed E-state index contributed by atoms with van der Waals surface area (Å²) in [6, 6.07) is 20.5. The lowest BCUT2D eigenvalue weighted by Gasteiger charge is -2.34. The molecule has 14 nitrogen and oxygen atoms in total. The first-order chi connectivity index (χ1) is 23.2. The lowest BCUT2D eigenvalue weighted by Crippen LogP contribution is -2.44. The van der Waals surface area contributed by atoms with E-state index in [1.807, 2.05) is 18.2 Å². The second kappa shape index (κ2) is 14.3. The molecule has 0 saturated carbocycles. The predicted molar refractivity (Wildman–Crippen MR) is 176 cm³/mol. The fourth-order valence-electron chi connectivity index (χ4n) is 4.99. The second-order valence-electron chi connectivity index (χ2n) is 10.8. The van der Waals surface area contributed by atoms with Crippen molar-refractivity contribution in [1.82, 2.24) is 20.0 Å². The predicted octanol–water partition coefficient (Wildman–Crippen LogP) is 4.50. The molecular formula is C32H32ClN7O7S. The van der Waals surface area contributed by atoms with E-state index >= 15 is 0 Å². The SMILES string of the molecule is COc1cc(N2CCN(C)CC2)ccc1Nc1ncc(Cl)c(Oc2ccc(CCOc3no[n+]([O-])c3S(=O)(=O)c3ccccc3)cc2)n1. The Bertz CT molecular complexity index is 1970. The minimum Gasteiger partial charge on any atom is -0.494 e. The Morgan fingerprint density at radius 3 is 2.50 bits per heavy atom. The van der Waals surface area contributed by atoms with E-state index in [-0.39, 0.29) is 33.3 Å². The molecule has 1 saturated heterocycles. The number of nitrogens with zero attached hydrogens (tertiary/aromatic N) is 6. The normalized spacial score (nSPS) is 13.7. The second-order valence-corrected chi connectivity index (χ2v) is 13.1. The maximum atomic E-state index is 13.0. The zero-order valence-corrected chi connectivity index (χ0v) is 27.6. The average molecular weight is 694 g/mol. The van der Waals surface area contributed by atoms with Gasteiger partial charge in [-0.3, -0.25) is 4.63 Å². The number of sulfone groups is 1. The number of hydrogen-bond acceptors (Lipinski definition) is 13. The number of aromatic nitrogens is 4. The maximum Gasteiger partial charge on any atom is 0.414 e. The fraction of sp³-hybridized carbons (Fsp3) is 0.250. The molecule has 6 rings (SSSR count). The van der Waals surface area contributed by atoms with Crippen molar-refractivity contribution in [3.05, 3.63) is 94.8 Å². The molecule has 0 radical (unpaired) electrons. The van der Waals surface area contributed by atoms with Crippen LogP contribution in [-0.4, -0.2) is 75.4 Å². The summed E-state index contributed by atoms with van der Waals surface area (Å²) in [6.07, 6.45) is 1.82. The molecule has 1 N–H and O–H groups in total. The lowest BCUT2D eigenvalue weighted by atomic mass is 10.1. The lowest BCUT2D eigenvalue weighted by molar-refractivity contribution is -0.832. The van der Waals surface area contributed by atoms with E-state index in [1.54, 1.807) is 49.6 Å². The number of methoxy groups -OCH3 is 1. The van der Waals surface area contributed by atoms with Gasteiger partial charge in [0.2, 0.25) is 11.8 Å². The monoisotopic (exact) mass is 693 g/mol. The van der Waals surface area contributed by atoms with Gasteiger partial charge in [0, 0.05) is 44.4 Å². The summed E-state index contributed by atoms with van der Waals surface area (Å²) in [5, 5.41) is 18.3. The van der Waals surface area contributed by atoms with Gasteiger partial charge in [0.25, 0.3) is 9.84 Å². The van der Waals surface area contributed by atoms with Crippen LogP contribution in [0, 0.1) is 5.21 Å². The van der Waals surface area contributed by atoms with Crippen molar-refractivity contribution in [1.29, 1.82) is 0 Å². The average Bonchev–Trinajstić information content (AvgIpc) is 3.48. The van der Waals surface area contributed by atoms with E-state index in [2.05, 4.69) is 41.9 Å². The molecule has 1 aliphatic heterocycles. The molecular weight excluding hydrogens is 662 g/mol. The Labute approximate surface area is 281 Å². The van der Waals surface area contributed by atoms with Crippen LogP contribution < -0.4 is 29.3 Å². The van der Waals surface area contributed by atoms with Gasteiger partial charge in [-0.2, -0.15) is 4.98 Å². The van der Waals surface area contributed by atoms with Gasteiger partial charge in [0.05, 0.1) is 35.7 Å². The van der Waals surface area contributed by atoms with Crippen LogP contribution in [0.1, 0.15) is 5.56 Å². The van der Waals surface area contributed by atoms with E-state index in [1.165, 1.54) is 18.3 Å². The van der Waals surface area contributed by atoms with Crippen molar-refractivity contribution < 1.29 is 32.2 Å². The number of halogens is 1. The van der Waals surface area contributed by atoms with Crippen molar-refractivity contribution in [2.75, 3.05) is 57.2 Å². The smallest absolute Gasteiger partial charge is 0.414 e. The number of likely N-dealkylation sites (N-methyl/N-ethyl adjacent to an activating group) is 1. The Morgan fingerprint density at radius 1 is 1.02 bits per heavy atom. The Balaban J connectivity index is 1.07. The van der Waals surface area contributed by atoms with E-state index in [0.29, 0.717) is 23.6 Å². The molecule has 0 aliphatic carbocycles. The Hall–Kier alpha value is -5.12. The molecule has 16 heteroatoms. The van der Waals surface area contributed by atoms with Gasteiger partial charge in [-0.25, -0.2) is 13.4 Å². The highest BCUT2D eigenvalue weighted by atomic mass is 35.5. The highest BCUT2D eigenvalue weighted by Crippen LogP contribution is 2.34. The molecule has 0 spiro atoms. The van der Waals surface area contributed by atoms with Crippen molar-refractivity contribution in [3.8, 4) is 23.3 Å². The van der Waals surface area contributed by atoms with Crippen LogP contribution in [0.25, 0.3) is 0 Å². The van der Waals surface area contributed by atoms with E-state index in [0.717, 1.165) is 37.4 Å². The Morgan fingerprint density at radius 2 is 1.77 bits per heavy atom. The van der Waals surface area contributed by atoms with Crippen LogP contribution in [-0.2, 0) is 16.3 Å². The zero-order chi connectivity index (χ0) is 33.7. The van der Waals surface area contributed by atoms with Crippen LogP contribution in [0.5, 0.6) is 23.3 Å². The standard InChI is InChI=1S/C32H32ClN7O7S/c1-38-15-17-39(18-16-38)23-10-13-27(28(20-23)44-2)35-32-34-21-26(33)29(36-32)46-24-11-8-22(9-12-24)14-19-45-30-31(40(41)47-37-30)48(42,43)25-6-4-3-5-7-25/h3-13,20-21H,14-19H2,1-2H3,(H,34,35,36).